The van der Waals surface area contributed by atoms with Crippen molar-refractivity contribution in [2.45, 2.75) is 53.5 Å². The SMILES string of the molecule is C/C1=C(\C(=O)NCc2cc(F)cc(Oc3ccc(CCC(=O)O)c(C)c3)c2)N(C)C/C=C\C(Cl)=C/C1.CC. The lowest BCUT2D eigenvalue weighted by molar-refractivity contribution is -0.137. The maximum absolute atomic E-state index is 14.3. The van der Waals surface area contributed by atoms with Crippen LogP contribution < -0.4 is 10.1 Å². The number of carbonyl (C=O) groups is 2. The molecule has 0 aliphatic carbocycles. The van der Waals surface area contributed by atoms with Crippen LogP contribution in [0.2, 0.25) is 0 Å². The number of likely N-dealkylation sites (N-methyl/N-ethyl adjacent to an activating group) is 1. The van der Waals surface area contributed by atoms with Gasteiger partial charge in [0, 0.05) is 37.7 Å². The van der Waals surface area contributed by atoms with Crippen molar-refractivity contribution in [1.82, 2.24) is 10.2 Å². The third-order valence-electron chi connectivity index (χ3n) is 5.80. The number of nitrogens with one attached hydrogen (secondary N) is 1. The van der Waals surface area contributed by atoms with Crippen LogP contribution >= 0.6 is 11.6 Å². The minimum absolute atomic E-state index is 0.0490. The Kier molecular flexibility index (Phi) is 12.1. The Morgan fingerprint density at radius 2 is 1.87 bits per heavy atom. The molecule has 1 amide bonds. The molecular formula is C30H36ClFN2O4. The van der Waals surface area contributed by atoms with Gasteiger partial charge in [-0.3, -0.25) is 9.59 Å². The van der Waals surface area contributed by atoms with Gasteiger partial charge in [0.25, 0.3) is 5.91 Å². The van der Waals surface area contributed by atoms with Crippen molar-refractivity contribution in [3.8, 4) is 11.5 Å². The number of halogens is 2. The van der Waals surface area contributed by atoms with Crippen molar-refractivity contribution in [3.05, 3.63) is 93.4 Å². The van der Waals surface area contributed by atoms with Gasteiger partial charge in [-0.1, -0.05) is 43.7 Å². The number of aliphatic carboxylic acids is 1. The number of carboxylic acid groups (broad SMARTS) is 1. The van der Waals surface area contributed by atoms with E-state index in [-0.39, 0.29) is 18.9 Å². The average molecular weight is 543 g/mol. The van der Waals surface area contributed by atoms with Crippen molar-refractivity contribution in [1.29, 1.82) is 0 Å². The van der Waals surface area contributed by atoms with Crippen LogP contribution in [-0.4, -0.2) is 35.5 Å². The molecule has 0 aromatic heterocycles. The molecule has 2 aromatic rings. The fourth-order valence-electron chi connectivity index (χ4n) is 3.96. The zero-order chi connectivity index (χ0) is 28.2. The fourth-order valence-corrected chi connectivity index (χ4v) is 4.13. The van der Waals surface area contributed by atoms with Gasteiger partial charge in [-0.2, -0.15) is 0 Å². The summed E-state index contributed by atoms with van der Waals surface area (Å²) in [6.07, 6.45) is 6.58. The maximum atomic E-state index is 14.3. The van der Waals surface area contributed by atoms with Crippen LogP contribution in [-0.2, 0) is 22.6 Å². The largest absolute Gasteiger partial charge is 0.481 e. The summed E-state index contributed by atoms with van der Waals surface area (Å²) in [5.74, 6) is -0.771. The lowest BCUT2D eigenvalue weighted by atomic mass is 10.0. The van der Waals surface area contributed by atoms with E-state index < -0.39 is 11.8 Å². The molecule has 1 aliphatic rings. The Morgan fingerprint density at radius 3 is 2.55 bits per heavy atom. The number of carboxylic acids is 1. The summed E-state index contributed by atoms with van der Waals surface area (Å²) in [5.41, 5.74) is 3.79. The van der Waals surface area contributed by atoms with Gasteiger partial charge in [0.05, 0.1) is 0 Å². The summed E-state index contributed by atoms with van der Waals surface area (Å²) >= 11 is 6.14. The summed E-state index contributed by atoms with van der Waals surface area (Å²) in [6.45, 7) is 8.41. The first kappa shape index (κ1) is 30.6. The van der Waals surface area contributed by atoms with Crippen LogP contribution in [0.4, 0.5) is 4.39 Å². The Balaban J connectivity index is 0.00000247. The first-order valence-electron chi connectivity index (χ1n) is 12.6. The first-order valence-corrected chi connectivity index (χ1v) is 13.0. The molecule has 0 unspecified atom stereocenters. The monoisotopic (exact) mass is 542 g/mol. The number of hydrogen-bond donors (Lipinski definition) is 2. The second-order valence-electron chi connectivity index (χ2n) is 8.77. The summed E-state index contributed by atoms with van der Waals surface area (Å²) in [6, 6.07) is 9.65. The predicted molar refractivity (Wildman–Crippen MR) is 150 cm³/mol. The smallest absolute Gasteiger partial charge is 0.303 e. The average Bonchev–Trinajstić information content (AvgIpc) is 2.92. The van der Waals surface area contributed by atoms with E-state index in [0.717, 1.165) is 16.7 Å². The minimum Gasteiger partial charge on any atom is -0.481 e. The number of nitrogens with zero attached hydrogens (tertiary/aromatic N) is 1. The molecule has 0 bridgehead atoms. The standard InChI is InChI=1S/C28H30ClFN2O4.C2H6/c1-18-6-9-22(29)5-4-12-32(3)27(18)28(35)31-17-20-14-23(30)16-25(15-20)36-24-10-7-21(19(2)13-24)8-11-26(33)34;1-2/h4-5,7,9-10,13-16H,6,8,11-12,17H2,1-3H3,(H,31,35)(H,33,34);1-2H3/b5-4-,22-9+,27-18-;. The lowest BCUT2D eigenvalue weighted by Gasteiger charge is -2.22. The van der Waals surface area contributed by atoms with E-state index in [1.807, 2.05) is 63.9 Å². The molecule has 2 aromatic carbocycles. The molecule has 0 atom stereocenters. The zero-order valence-corrected chi connectivity index (χ0v) is 23.4. The molecular weight excluding hydrogens is 507 g/mol. The van der Waals surface area contributed by atoms with Crippen LogP contribution in [0.1, 0.15) is 50.3 Å². The van der Waals surface area contributed by atoms with Crippen molar-refractivity contribution in [2.75, 3.05) is 13.6 Å². The molecule has 204 valence electrons. The molecule has 1 aliphatic heterocycles. The van der Waals surface area contributed by atoms with Crippen molar-refractivity contribution >= 4 is 23.5 Å². The molecule has 6 nitrogen and oxygen atoms in total. The molecule has 0 saturated carbocycles. The highest BCUT2D eigenvalue weighted by Crippen LogP contribution is 2.26. The molecule has 0 saturated heterocycles. The predicted octanol–water partition coefficient (Wildman–Crippen LogP) is 6.87. The number of benzene rings is 2. The molecule has 0 radical (unpaired) electrons. The summed E-state index contributed by atoms with van der Waals surface area (Å²) in [4.78, 5) is 25.7. The van der Waals surface area contributed by atoms with Crippen molar-refractivity contribution < 1.29 is 23.8 Å². The first-order chi connectivity index (χ1) is 18.1. The van der Waals surface area contributed by atoms with Crippen LogP contribution in [0.25, 0.3) is 0 Å². The summed E-state index contributed by atoms with van der Waals surface area (Å²) < 4.78 is 20.2. The second-order valence-corrected chi connectivity index (χ2v) is 9.20. The van der Waals surface area contributed by atoms with Gasteiger partial charge in [0.2, 0.25) is 0 Å². The van der Waals surface area contributed by atoms with E-state index in [9.17, 15) is 14.0 Å². The molecule has 38 heavy (non-hydrogen) atoms. The highest BCUT2D eigenvalue weighted by atomic mass is 35.5. The molecule has 8 heteroatoms. The van der Waals surface area contributed by atoms with Gasteiger partial charge in [-0.15, -0.1) is 0 Å². The van der Waals surface area contributed by atoms with Crippen LogP contribution in [0.5, 0.6) is 11.5 Å². The molecule has 0 spiro atoms. The lowest BCUT2D eigenvalue weighted by Crippen LogP contribution is -2.34. The topological polar surface area (TPSA) is 78.9 Å². The van der Waals surface area contributed by atoms with Gasteiger partial charge < -0.3 is 20.1 Å². The number of allylic oxidation sites excluding steroid dienone is 4. The van der Waals surface area contributed by atoms with Gasteiger partial charge >= 0.3 is 5.97 Å². The number of amides is 1. The van der Waals surface area contributed by atoms with Gasteiger partial charge in [0.15, 0.2) is 0 Å². The van der Waals surface area contributed by atoms with Gasteiger partial charge in [0.1, 0.15) is 23.0 Å². The fraction of sp³-hybridized carbons (Fsp3) is 0.333. The van der Waals surface area contributed by atoms with E-state index in [0.29, 0.717) is 47.2 Å². The second kappa shape index (κ2) is 15.0. The summed E-state index contributed by atoms with van der Waals surface area (Å²) in [5, 5.41) is 12.4. The highest BCUT2D eigenvalue weighted by Gasteiger charge is 2.18. The number of ether oxygens (including phenoxy) is 1. The maximum Gasteiger partial charge on any atom is 0.303 e. The van der Waals surface area contributed by atoms with Gasteiger partial charge in [-0.05, 0) is 79.3 Å². The van der Waals surface area contributed by atoms with E-state index in [1.165, 1.54) is 12.1 Å². The van der Waals surface area contributed by atoms with E-state index in [1.54, 1.807) is 18.2 Å². The highest BCUT2D eigenvalue weighted by molar-refractivity contribution is 6.31. The van der Waals surface area contributed by atoms with Crippen LogP contribution in [0.15, 0.2) is 70.9 Å². The van der Waals surface area contributed by atoms with Crippen molar-refractivity contribution in [2.24, 2.45) is 0 Å². The molecule has 1 heterocycles. The number of carbonyl (C=O) groups excluding carboxylic acids is 1. The van der Waals surface area contributed by atoms with Gasteiger partial charge in [-0.25, -0.2) is 4.39 Å². The normalized spacial score (nSPS) is 17.6. The van der Waals surface area contributed by atoms with E-state index in [2.05, 4.69) is 5.32 Å². The molecule has 2 N–H and O–H groups in total. The van der Waals surface area contributed by atoms with E-state index in [4.69, 9.17) is 21.4 Å². The summed E-state index contributed by atoms with van der Waals surface area (Å²) in [7, 11) is 1.84. The molecule has 0 fully saturated rings. The Hall–Kier alpha value is -3.58. The van der Waals surface area contributed by atoms with Crippen LogP contribution in [0, 0.1) is 12.7 Å². The van der Waals surface area contributed by atoms with E-state index >= 15 is 0 Å². The number of aryl methyl sites for hydroxylation is 2. The Bertz CT molecular complexity index is 1240. The molecule has 3 rings (SSSR count). The number of rotatable bonds is 8. The third kappa shape index (κ3) is 9.38. The minimum atomic E-state index is -0.852. The third-order valence-corrected chi connectivity index (χ3v) is 6.08. The Labute approximate surface area is 229 Å². The Morgan fingerprint density at radius 1 is 1.13 bits per heavy atom. The quantitative estimate of drug-likeness (QED) is 0.380. The zero-order valence-electron chi connectivity index (χ0n) is 22.6. The number of hydrogen-bond acceptors (Lipinski definition) is 4. The van der Waals surface area contributed by atoms with Crippen LogP contribution in [0.3, 0.4) is 0 Å². The van der Waals surface area contributed by atoms with Crippen molar-refractivity contribution in [3.63, 3.8) is 0 Å².